The topological polar surface area (TPSA) is 92.9 Å². The number of sulfonamides is 1. The first-order valence-electron chi connectivity index (χ1n) is 6.98. The molecule has 0 aliphatic carbocycles. The van der Waals surface area contributed by atoms with E-state index in [0.29, 0.717) is 18.6 Å². The lowest BCUT2D eigenvalue weighted by molar-refractivity contribution is 0.219. The summed E-state index contributed by atoms with van der Waals surface area (Å²) < 4.78 is 31.9. The molecule has 3 N–H and O–H groups in total. The monoisotopic (exact) mass is 316 g/mol. The van der Waals surface area contributed by atoms with Crippen molar-refractivity contribution in [3.8, 4) is 5.75 Å². The second-order valence-electron chi connectivity index (χ2n) is 4.71. The van der Waals surface area contributed by atoms with Gasteiger partial charge in [-0.3, -0.25) is 0 Å². The van der Waals surface area contributed by atoms with E-state index in [1.165, 1.54) is 23.5 Å². The molecule has 1 rings (SSSR count). The summed E-state index contributed by atoms with van der Waals surface area (Å²) in [6, 6.07) is 4.32. The van der Waals surface area contributed by atoms with Crippen LogP contribution in [-0.2, 0) is 10.0 Å². The van der Waals surface area contributed by atoms with Crippen molar-refractivity contribution in [1.29, 1.82) is 0 Å². The van der Waals surface area contributed by atoms with Gasteiger partial charge in [-0.25, -0.2) is 8.42 Å². The maximum Gasteiger partial charge on any atom is 0.245 e. The van der Waals surface area contributed by atoms with Gasteiger partial charge in [-0.2, -0.15) is 4.31 Å². The Kier molecular flexibility index (Phi) is 6.44. The zero-order chi connectivity index (χ0) is 16.0. The standard InChI is InChI=1S/C14H24N2O4S/c1-4-11(5-2)16(8-9-17)21(18,19)14-7-6-12(20-3)10-13(14)15/h6-7,10-11,17H,4-5,8-9,15H2,1-3H3. The molecule has 0 saturated carbocycles. The summed E-state index contributed by atoms with van der Waals surface area (Å²) in [5, 5.41) is 9.18. The van der Waals surface area contributed by atoms with E-state index in [4.69, 9.17) is 10.5 Å². The van der Waals surface area contributed by atoms with Crippen molar-refractivity contribution in [2.24, 2.45) is 0 Å². The van der Waals surface area contributed by atoms with Gasteiger partial charge < -0.3 is 15.6 Å². The molecule has 0 unspecified atom stereocenters. The second-order valence-corrected chi connectivity index (χ2v) is 6.57. The highest BCUT2D eigenvalue weighted by atomic mass is 32.2. The van der Waals surface area contributed by atoms with Crippen LogP contribution in [0.25, 0.3) is 0 Å². The zero-order valence-corrected chi connectivity index (χ0v) is 13.6. The number of ether oxygens (including phenoxy) is 1. The van der Waals surface area contributed by atoms with Crippen molar-refractivity contribution in [3.05, 3.63) is 18.2 Å². The number of aliphatic hydroxyl groups excluding tert-OH is 1. The molecule has 0 aliphatic rings. The van der Waals surface area contributed by atoms with Crippen LogP contribution in [0.3, 0.4) is 0 Å². The summed E-state index contributed by atoms with van der Waals surface area (Å²) in [5.41, 5.74) is 5.99. The molecule has 0 aromatic heterocycles. The Bertz CT molecular complexity index is 556. The molecule has 0 atom stereocenters. The minimum absolute atomic E-state index is 0.0450. The Hall–Kier alpha value is -1.31. The van der Waals surface area contributed by atoms with Crippen LogP contribution >= 0.6 is 0 Å². The third-order valence-electron chi connectivity index (χ3n) is 3.47. The molecule has 0 aliphatic heterocycles. The summed E-state index contributed by atoms with van der Waals surface area (Å²) in [6.45, 7) is 3.67. The Morgan fingerprint density at radius 3 is 2.38 bits per heavy atom. The first-order valence-corrected chi connectivity index (χ1v) is 8.42. The fourth-order valence-corrected chi connectivity index (χ4v) is 4.17. The predicted octanol–water partition coefficient (Wildman–Crippen LogP) is 1.45. The Labute approximate surface area is 126 Å². The largest absolute Gasteiger partial charge is 0.497 e. The average Bonchev–Trinajstić information content (AvgIpc) is 2.47. The molecule has 6 nitrogen and oxygen atoms in total. The average molecular weight is 316 g/mol. The van der Waals surface area contributed by atoms with Crippen LogP contribution in [-0.4, -0.2) is 44.1 Å². The van der Waals surface area contributed by atoms with E-state index in [1.54, 1.807) is 6.07 Å². The number of nitrogen functional groups attached to an aromatic ring is 1. The van der Waals surface area contributed by atoms with E-state index in [2.05, 4.69) is 0 Å². The van der Waals surface area contributed by atoms with Gasteiger partial charge in [-0.05, 0) is 25.0 Å². The number of anilines is 1. The lowest BCUT2D eigenvalue weighted by atomic mass is 10.2. The molecule has 0 fully saturated rings. The van der Waals surface area contributed by atoms with Gasteiger partial charge in [0, 0.05) is 18.7 Å². The van der Waals surface area contributed by atoms with Gasteiger partial charge in [-0.15, -0.1) is 0 Å². The number of nitrogens with zero attached hydrogens (tertiary/aromatic N) is 1. The van der Waals surface area contributed by atoms with Crippen molar-refractivity contribution in [3.63, 3.8) is 0 Å². The van der Waals surface area contributed by atoms with Crippen LogP contribution in [0.4, 0.5) is 5.69 Å². The van der Waals surface area contributed by atoms with Gasteiger partial charge in [0.1, 0.15) is 10.6 Å². The van der Waals surface area contributed by atoms with Gasteiger partial charge >= 0.3 is 0 Å². The highest BCUT2D eigenvalue weighted by Crippen LogP contribution is 2.28. The van der Waals surface area contributed by atoms with Crippen molar-refractivity contribution in [1.82, 2.24) is 4.31 Å². The fourth-order valence-electron chi connectivity index (χ4n) is 2.31. The Morgan fingerprint density at radius 2 is 1.95 bits per heavy atom. The SMILES string of the molecule is CCC(CC)N(CCO)S(=O)(=O)c1ccc(OC)cc1N. The van der Waals surface area contributed by atoms with E-state index in [-0.39, 0.29) is 29.8 Å². The number of benzene rings is 1. The predicted molar refractivity (Wildman–Crippen MR) is 82.8 cm³/mol. The van der Waals surface area contributed by atoms with Crippen LogP contribution in [0.2, 0.25) is 0 Å². The van der Waals surface area contributed by atoms with Gasteiger partial charge in [-0.1, -0.05) is 13.8 Å². The van der Waals surface area contributed by atoms with Crippen molar-refractivity contribution in [2.45, 2.75) is 37.6 Å². The fraction of sp³-hybridized carbons (Fsp3) is 0.571. The molecule has 120 valence electrons. The van der Waals surface area contributed by atoms with Gasteiger partial charge in [0.25, 0.3) is 0 Å². The molecule has 0 radical (unpaired) electrons. The molecule has 0 saturated heterocycles. The number of nitrogens with two attached hydrogens (primary N) is 1. The number of methoxy groups -OCH3 is 1. The van der Waals surface area contributed by atoms with Crippen LogP contribution in [0.1, 0.15) is 26.7 Å². The first-order chi connectivity index (χ1) is 9.92. The maximum absolute atomic E-state index is 12.8. The molecule has 0 heterocycles. The minimum Gasteiger partial charge on any atom is -0.497 e. The maximum atomic E-state index is 12.8. The van der Waals surface area contributed by atoms with Gasteiger partial charge in [0.05, 0.1) is 19.4 Å². The number of hydrogen-bond acceptors (Lipinski definition) is 5. The lowest BCUT2D eigenvalue weighted by Crippen LogP contribution is -2.41. The van der Waals surface area contributed by atoms with Crippen molar-refractivity contribution >= 4 is 15.7 Å². The van der Waals surface area contributed by atoms with Crippen LogP contribution in [0, 0.1) is 0 Å². The van der Waals surface area contributed by atoms with E-state index in [0.717, 1.165) is 0 Å². The molecule has 0 bridgehead atoms. The van der Waals surface area contributed by atoms with Crippen molar-refractivity contribution in [2.75, 3.05) is 26.0 Å². The molecule has 0 spiro atoms. The van der Waals surface area contributed by atoms with E-state index < -0.39 is 10.0 Å². The van der Waals surface area contributed by atoms with E-state index in [9.17, 15) is 13.5 Å². The van der Waals surface area contributed by atoms with Gasteiger partial charge in [0.15, 0.2) is 0 Å². The van der Waals surface area contributed by atoms with Crippen LogP contribution < -0.4 is 10.5 Å². The molecule has 7 heteroatoms. The van der Waals surface area contributed by atoms with Gasteiger partial charge in [0.2, 0.25) is 10.0 Å². The highest BCUT2D eigenvalue weighted by Gasteiger charge is 2.30. The number of aliphatic hydroxyl groups is 1. The van der Waals surface area contributed by atoms with E-state index in [1.807, 2.05) is 13.8 Å². The second kappa shape index (κ2) is 7.63. The number of hydrogen-bond donors (Lipinski definition) is 2. The molecule has 1 aromatic rings. The van der Waals surface area contributed by atoms with Crippen molar-refractivity contribution < 1.29 is 18.3 Å². The third-order valence-corrected chi connectivity index (χ3v) is 5.50. The molecule has 21 heavy (non-hydrogen) atoms. The smallest absolute Gasteiger partial charge is 0.245 e. The molecule has 1 aromatic carbocycles. The quantitative estimate of drug-likeness (QED) is 0.708. The lowest BCUT2D eigenvalue weighted by Gasteiger charge is -2.29. The summed E-state index contributed by atoms with van der Waals surface area (Å²) in [6.07, 6.45) is 1.34. The highest BCUT2D eigenvalue weighted by molar-refractivity contribution is 7.89. The summed E-state index contributed by atoms with van der Waals surface area (Å²) in [4.78, 5) is 0.0450. The molecular formula is C14H24N2O4S. The zero-order valence-electron chi connectivity index (χ0n) is 12.7. The van der Waals surface area contributed by atoms with Crippen LogP contribution in [0.5, 0.6) is 5.75 Å². The number of rotatable bonds is 8. The van der Waals surface area contributed by atoms with E-state index >= 15 is 0 Å². The third kappa shape index (κ3) is 3.87. The summed E-state index contributed by atoms with van der Waals surface area (Å²) in [5.74, 6) is 0.502. The Morgan fingerprint density at radius 1 is 1.33 bits per heavy atom. The Balaban J connectivity index is 3.28. The normalized spacial score (nSPS) is 12.1. The summed E-state index contributed by atoms with van der Waals surface area (Å²) in [7, 11) is -2.26. The molecular weight excluding hydrogens is 292 g/mol. The minimum atomic E-state index is -3.75. The first kappa shape index (κ1) is 17.7. The molecule has 0 amide bonds. The van der Waals surface area contributed by atoms with Crippen LogP contribution in [0.15, 0.2) is 23.1 Å². The summed E-state index contributed by atoms with van der Waals surface area (Å²) >= 11 is 0.